The first kappa shape index (κ1) is 24.5. The zero-order valence-electron chi connectivity index (χ0n) is 17.6. The van der Waals surface area contributed by atoms with Gasteiger partial charge in [-0.1, -0.05) is 11.6 Å². The number of piperazine rings is 1. The minimum atomic E-state index is -5.01. The van der Waals surface area contributed by atoms with Crippen LogP contribution < -0.4 is 4.74 Å². The number of aliphatic hydroxyl groups is 1. The number of halogens is 6. The van der Waals surface area contributed by atoms with Crippen molar-refractivity contribution in [2.24, 2.45) is 0 Å². The molecule has 8 nitrogen and oxygen atoms in total. The van der Waals surface area contributed by atoms with Gasteiger partial charge in [-0.3, -0.25) is 9.59 Å². The molecule has 2 amide bonds. The first-order valence-corrected chi connectivity index (χ1v) is 10.8. The molecule has 3 heterocycles. The van der Waals surface area contributed by atoms with Gasteiger partial charge in [-0.05, 0) is 25.7 Å². The summed E-state index contributed by atoms with van der Waals surface area (Å²) in [6.45, 7) is -3.36. The molecule has 0 unspecified atom stereocenters. The molecule has 1 N–H and O–H groups in total. The number of pyridine rings is 1. The number of amides is 2. The molecule has 0 spiro atoms. The minimum Gasteiger partial charge on any atom is -0.435 e. The first-order chi connectivity index (χ1) is 16.0. The maximum atomic E-state index is 13.5. The first-order valence-electron chi connectivity index (χ1n) is 10.5. The Morgan fingerprint density at radius 2 is 1.85 bits per heavy atom. The van der Waals surface area contributed by atoms with Crippen molar-refractivity contribution in [3.8, 4) is 5.75 Å². The van der Waals surface area contributed by atoms with Crippen LogP contribution in [0.1, 0.15) is 41.9 Å². The minimum absolute atomic E-state index is 0.0467. The molecular weight excluding hydrogens is 491 g/mol. The third-order valence-corrected chi connectivity index (χ3v) is 6.39. The monoisotopic (exact) mass is 510 g/mol. The third kappa shape index (κ3) is 4.76. The van der Waals surface area contributed by atoms with Gasteiger partial charge in [0.05, 0.1) is 16.6 Å². The lowest BCUT2D eigenvalue weighted by atomic mass is 9.91. The number of hydrogen-bond acceptors (Lipinski definition) is 5. The highest BCUT2D eigenvalue weighted by Crippen LogP contribution is 2.36. The average Bonchev–Trinajstić information content (AvgIpc) is 3.08. The molecule has 1 aliphatic heterocycles. The molecule has 4 rings (SSSR count). The van der Waals surface area contributed by atoms with Gasteiger partial charge in [0, 0.05) is 31.3 Å². The molecule has 2 fully saturated rings. The molecule has 1 saturated heterocycles. The maximum Gasteiger partial charge on any atom is 0.433 e. The number of carbonyl (C=O) groups is 2. The Balaban J connectivity index is 1.59. The molecule has 0 bridgehead atoms. The number of hydrogen-bond donors (Lipinski definition) is 1. The SMILES string of the molecule is O=C(c1nn2c(C(F)(F)F)cc(OC(F)F)cc2c1Cl)N1CCN(C2CCC(O)CC2)C(=O)C1. The zero-order valence-corrected chi connectivity index (χ0v) is 18.3. The average molecular weight is 511 g/mol. The van der Waals surface area contributed by atoms with Crippen molar-refractivity contribution < 1.29 is 41.4 Å². The molecule has 1 aliphatic carbocycles. The van der Waals surface area contributed by atoms with Crippen molar-refractivity contribution in [2.45, 2.75) is 50.6 Å². The van der Waals surface area contributed by atoms with Gasteiger partial charge in [0.15, 0.2) is 5.69 Å². The molecule has 34 heavy (non-hydrogen) atoms. The van der Waals surface area contributed by atoms with Gasteiger partial charge in [0.25, 0.3) is 5.91 Å². The largest absolute Gasteiger partial charge is 0.435 e. The number of aromatic nitrogens is 2. The molecule has 0 radical (unpaired) electrons. The van der Waals surface area contributed by atoms with Gasteiger partial charge in [0.2, 0.25) is 5.91 Å². The van der Waals surface area contributed by atoms with E-state index >= 15 is 0 Å². The molecule has 186 valence electrons. The highest BCUT2D eigenvalue weighted by atomic mass is 35.5. The van der Waals surface area contributed by atoms with Crippen LogP contribution in [0.3, 0.4) is 0 Å². The Labute approximate surface area is 194 Å². The van der Waals surface area contributed by atoms with Crippen LogP contribution in [-0.2, 0) is 11.0 Å². The predicted octanol–water partition coefficient (Wildman–Crippen LogP) is 3.20. The van der Waals surface area contributed by atoms with E-state index in [1.54, 1.807) is 4.90 Å². The van der Waals surface area contributed by atoms with Gasteiger partial charge in [-0.2, -0.15) is 27.1 Å². The van der Waals surface area contributed by atoms with Crippen LogP contribution in [0.25, 0.3) is 5.52 Å². The van der Waals surface area contributed by atoms with E-state index in [0.29, 0.717) is 36.3 Å². The van der Waals surface area contributed by atoms with Gasteiger partial charge >= 0.3 is 12.8 Å². The van der Waals surface area contributed by atoms with Gasteiger partial charge in [-0.25, -0.2) is 4.52 Å². The van der Waals surface area contributed by atoms with Crippen molar-refractivity contribution in [1.29, 1.82) is 0 Å². The number of rotatable bonds is 4. The number of nitrogens with zero attached hydrogens (tertiary/aromatic N) is 4. The van der Waals surface area contributed by atoms with Crippen molar-refractivity contribution in [3.05, 3.63) is 28.5 Å². The summed E-state index contributed by atoms with van der Waals surface area (Å²) < 4.78 is 70.2. The summed E-state index contributed by atoms with van der Waals surface area (Å²) >= 11 is 6.14. The Morgan fingerprint density at radius 3 is 2.44 bits per heavy atom. The van der Waals surface area contributed by atoms with Gasteiger partial charge < -0.3 is 19.6 Å². The maximum absolute atomic E-state index is 13.5. The third-order valence-electron chi connectivity index (χ3n) is 6.02. The fraction of sp³-hybridized carbons (Fsp3) is 0.550. The summed E-state index contributed by atoms with van der Waals surface area (Å²) in [5.74, 6) is -1.98. The van der Waals surface area contributed by atoms with E-state index in [0.717, 1.165) is 11.0 Å². The molecule has 2 aromatic rings. The van der Waals surface area contributed by atoms with Gasteiger partial charge in [0.1, 0.15) is 18.0 Å². The van der Waals surface area contributed by atoms with Gasteiger partial charge in [-0.15, -0.1) is 0 Å². The van der Waals surface area contributed by atoms with E-state index in [2.05, 4.69) is 9.84 Å². The van der Waals surface area contributed by atoms with Crippen LogP contribution in [0, 0.1) is 0 Å². The molecule has 0 aromatic carbocycles. The molecule has 2 aliphatic rings. The lowest BCUT2D eigenvalue weighted by molar-refractivity contribution is -0.143. The van der Waals surface area contributed by atoms with E-state index in [1.165, 1.54) is 0 Å². The number of ether oxygens (including phenoxy) is 1. The fourth-order valence-electron chi connectivity index (χ4n) is 4.37. The van der Waals surface area contributed by atoms with Crippen LogP contribution in [0.15, 0.2) is 12.1 Å². The highest BCUT2D eigenvalue weighted by molar-refractivity contribution is 6.36. The second-order valence-corrected chi connectivity index (χ2v) is 8.57. The number of aliphatic hydroxyl groups excluding tert-OH is 1. The standard InChI is InChI=1S/C20H20ClF5N4O4/c21-16-13-7-12(34-19(22)23)8-14(20(24,25)26)30(13)27-17(16)18(33)28-5-6-29(15(32)9-28)10-1-3-11(31)4-2-10/h7-8,10-11,19,31H,1-6,9H2. The summed E-state index contributed by atoms with van der Waals surface area (Å²) in [5, 5.41) is 12.9. The van der Waals surface area contributed by atoms with Crippen LogP contribution in [0.4, 0.5) is 22.0 Å². The normalized spacial score (nSPS) is 22.1. The van der Waals surface area contributed by atoms with Crippen molar-refractivity contribution in [3.63, 3.8) is 0 Å². The number of carbonyl (C=O) groups excluding carboxylic acids is 2. The topological polar surface area (TPSA) is 87.4 Å². The van der Waals surface area contributed by atoms with Crippen LogP contribution in [-0.4, -0.2) is 74.7 Å². The van der Waals surface area contributed by atoms with E-state index in [1.807, 2.05) is 0 Å². The summed E-state index contributed by atoms with van der Waals surface area (Å²) in [6, 6.07) is 1.11. The summed E-state index contributed by atoms with van der Waals surface area (Å²) in [6.07, 6.45) is -2.96. The second kappa shape index (κ2) is 9.17. The van der Waals surface area contributed by atoms with E-state index in [4.69, 9.17) is 11.6 Å². The summed E-state index contributed by atoms with van der Waals surface area (Å²) in [7, 11) is 0. The highest BCUT2D eigenvalue weighted by Gasteiger charge is 2.38. The molecular formula is C20H20ClF5N4O4. The van der Waals surface area contributed by atoms with Crippen molar-refractivity contribution in [1.82, 2.24) is 19.4 Å². The number of alkyl halides is 5. The fourth-order valence-corrected chi connectivity index (χ4v) is 4.62. The van der Waals surface area contributed by atoms with Crippen LogP contribution in [0.5, 0.6) is 5.75 Å². The smallest absolute Gasteiger partial charge is 0.433 e. The van der Waals surface area contributed by atoms with Crippen molar-refractivity contribution >= 4 is 28.9 Å². The zero-order chi connectivity index (χ0) is 24.8. The number of fused-ring (bicyclic) bond motifs is 1. The Kier molecular flexibility index (Phi) is 6.60. The molecule has 14 heteroatoms. The quantitative estimate of drug-likeness (QED) is 0.638. The predicted molar refractivity (Wildman–Crippen MR) is 108 cm³/mol. The Hall–Kier alpha value is -2.67. The van der Waals surface area contributed by atoms with Crippen molar-refractivity contribution in [2.75, 3.05) is 19.6 Å². The van der Waals surface area contributed by atoms with E-state index < -0.39 is 46.4 Å². The molecule has 0 atom stereocenters. The summed E-state index contributed by atoms with van der Waals surface area (Å²) in [4.78, 5) is 28.5. The van der Waals surface area contributed by atoms with Crippen LogP contribution in [0.2, 0.25) is 5.02 Å². The Morgan fingerprint density at radius 1 is 1.18 bits per heavy atom. The summed E-state index contributed by atoms with van der Waals surface area (Å²) in [5.41, 5.74) is -2.44. The Bertz CT molecular complexity index is 1100. The molecule has 2 aromatic heterocycles. The second-order valence-electron chi connectivity index (χ2n) is 8.19. The van der Waals surface area contributed by atoms with E-state index in [-0.39, 0.29) is 37.7 Å². The lowest BCUT2D eigenvalue weighted by Crippen LogP contribution is -2.56. The van der Waals surface area contributed by atoms with E-state index in [9.17, 15) is 36.6 Å². The van der Waals surface area contributed by atoms with Crippen LogP contribution >= 0.6 is 11.6 Å². The molecule has 1 saturated carbocycles. The lowest BCUT2D eigenvalue weighted by Gasteiger charge is -2.41.